The van der Waals surface area contributed by atoms with Gasteiger partial charge in [-0.1, -0.05) is 13.8 Å². The first-order valence-corrected chi connectivity index (χ1v) is 5.16. The molecule has 0 aromatic rings. The molecule has 76 valence electrons. The van der Waals surface area contributed by atoms with E-state index in [1.54, 1.807) is 0 Å². The van der Waals surface area contributed by atoms with E-state index in [0.717, 1.165) is 31.6 Å². The lowest BCUT2D eigenvalue weighted by atomic mass is 9.87. The van der Waals surface area contributed by atoms with E-state index in [1.807, 2.05) is 0 Å². The molecular formula is C10H21N3. The highest BCUT2D eigenvalue weighted by atomic mass is 15.2. The Kier molecular flexibility index (Phi) is 3.88. The van der Waals surface area contributed by atoms with Gasteiger partial charge in [-0.2, -0.15) is 0 Å². The van der Waals surface area contributed by atoms with Crippen molar-refractivity contribution in [1.82, 2.24) is 4.90 Å². The molecule has 1 rings (SSSR count). The molecular weight excluding hydrogens is 162 g/mol. The van der Waals surface area contributed by atoms with Crippen LogP contribution in [0.25, 0.3) is 0 Å². The third-order valence-corrected chi connectivity index (χ3v) is 2.91. The Labute approximate surface area is 80.8 Å². The summed E-state index contributed by atoms with van der Waals surface area (Å²) < 4.78 is 0. The molecule has 3 heteroatoms. The predicted octanol–water partition coefficient (Wildman–Crippen LogP) is 1.29. The van der Waals surface area contributed by atoms with E-state index in [-0.39, 0.29) is 0 Å². The molecule has 0 amide bonds. The molecule has 13 heavy (non-hydrogen) atoms. The van der Waals surface area contributed by atoms with E-state index in [9.17, 15) is 0 Å². The fourth-order valence-corrected chi connectivity index (χ4v) is 1.90. The molecule has 0 saturated carbocycles. The van der Waals surface area contributed by atoms with Gasteiger partial charge in [0.05, 0.1) is 0 Å². The molecule has 0 unspecified atom stereocenters. The SMILES string of the molecule is CC(C)C(=N)C1CCN(CN)CC1. The maximum absolute atomic E-state index is 7.91. The standard InChI is InChI=1S/C10H21N3/c1-8(2)10(12)9-3-5-13(7-11)6-4-9/h8-9,12H,3-7,11H2,1-2H3. The zero-order valence-electron chi connectivity index (χ0n) is 8.71. The molecule has 1 fully saturated rings. The third kappa shape index (κ3) is 2.78. The highest BCUT2D eigenvalue weighted by molar-refractivity contribution is 5.85. The number of piperidine rings is 1. The van der Waals surface area contributed by atoms with Gasteiger partial charge in [-0.25, -0.2) is 0 Å². The molecule has 0 bridgehead atoms. The average Bonchev–Trinajstić information content (AvgIpc) is 2.17. The zero-order valence-corrected chi connectivity index (χ0v) is 8.71. The van der Waals surface area contributed by atoms with Crippen LogP contribution in [0.1, 0.15) is 26.7 Å². The second-order valence-electron chi connectivity index (χ2n) is 4.18. The molecule has 0 aliphatic carbocycles. The number of nitrogens with two attached hydrogens (primary N) is 1. The van der Waals surface area contributed by atoms with Gasteiger partial charge in [0.2, 0.25) is 0 Å². The number of nitrogens with one attached hydrogen (secondary N) is 1. The van der Waals surface area contributed by atoms with Crippen LogP contribution in [-0.4, -0.2) is 30.4 Å². The number of rotatable bonds is 3. The van der Waals surface area contributed by atoms with Crippen LogP contribution < -0.4 is 5.73 Å². The molecule has 1 heterocycles. The number of hydrogen-bond donors (Lipinski definition) is 2. The van der Waals surface area contributed by atoms with Crippen molar-refractivity contribution >= 4 is 5.71 Å². The van der Waals surface area contributed by atoms with Crippen molar-refractivity contribution in [3.8, 4) is 0 Å². The second kappa shape index (κ2) is 4.72. The first kappa shape index (κ1) is 10.7. The quantitative estimate of drug-likeness (QED) is 0.648. The van der Waals surface area contributed by atoms with Crippen LogP contribution in [0.2, 0.25) is 0 Å². The monoisotopic (exact) mass is 183 g/mol. The van der Waals surface area contributed by atoms with Crippen molar-refractivity contribution in [2.24, 2.45) is 17.6 Å². The molecule has 0 aromatic carbocycles. The van der Waals surface area contributed by atoms with Gasteiger partial charge in [-0.15, -0.1) is 0 Å². The summed E-state index contributed by atoms with van der Waals surface area (Å²) in [6, 6.07) is 0. The summed E-state index contributed by atoms with van der Waals surface area (Å²) in [7, 11) is 0. The number of likely N-dealkylation sites (tertiary alicyclic amines) is 1. The lowest BCUT2D eigenvalue weighted by Crippen LogP contribution is -2.40. The first-order chi connectivity index (χ1) is 6.15. The van der Waals surface area contributed by atoms with E-state index in [2.05, 4.69) is 18.7 Å². The number of hydrogen-bond acceptors (Lipinski definition) is 3. The summed E-state index contributed by atoms with van der Waals surface area (Å²) in [6.45, 7) is 7.02. The molecule has 0 atom stereocenters. The third-order valence-electron chi connectivity index (χ3n) is 2.91. The van der Waals surface area contributed by atoms with E-state index < -0.39 is 0 Å². The minimum atomic E-state index is 0.412. The molecule has 1 aliphatic rings. The lowest BCUT2D eigenvalue weighted by molar-refractivity contribution is 0.212. The Balaban J connectivity index is 2.36. The Morgan fingerprint density at radius 2 is 2.00 bits per heavy atom. The number of nitrogens with zero attached hydrogens (tertiary/aromatic N) is 1. The van der Waals surface area contributed by atoms with Crippen LogP contribution in [0.4, 0.5) is 0 Å². The van der Waals surface area contributed by atoms with Crippen LogP contribution in [0.3, 0.4) is 0 Å². The Bertz CT molecular complexity index is 169. The van der Waals surface area contributed by atoms with Crippen LogP contribution in [0.15, 0.2) is 0 Å². The van der Waals surface area contributed by atoms with Crippen LogP contribution in [0, 0.1) is 17.2 Å². The first-order valence-electron chi connectivity index (χ1n) is 5.16. The summed E-state index contributed by atoms with van der Waals surface area (Å²) in [5, 5.41) is 7.91. The normalized spacial score (nSPS) is 20.9. The van der Waals surface area contributed by atoms with Crippen LogP contribution >= 0.6 is 0 Å². The van der Waals surface area contributed by atoms with E-state index >= 15 is 0 Å². The van der Waals surface area contributed by atoms with E-state index in [0.29, 0.717) is 18.5 Å². The molecule has 1 saturated heterocycles. The van der Waals surface area contributed by atoms with Crippen molar-refractivity contribution in [3.05, 3.63) is 0 Å². The summed E-state index contributed by atoms with van der Waals surface area (Å²) >= 11 is 0. The molecule has 0 aromatic heterocycles. The van der Waals surface area contributed by atoms with Gasteiger partial charge in [0.15, 0.2) is 0 Å². The van der Waals surface area contributed by atoms with Crippen LogP contribution in [0.5, 0.6) is 0 Å². The Morgan fingerprint density at radius 1 is 1.46 bits per heavy atom. The highest BCUT2D eigenvalue weighted by Gasteiger charge is 2.22. The fraction of sp³-hybridized carbons (Fsp3) is 0.900. The van der Waals surface area contributed by atoms with Gasteiger partial charge >= 0.3 is 0 Å². The maximum Gasteiger partial charge on any atom is 0.0455 e. The van der Waals surface area contributed by atoms with Crippen LogP contribution in [-0.2, 0) is 0 Å². The second-order valence-corrected chi connectivity index (χ2v) is 4.18. The van der Waals surface area contributed by atoms with Gasteiger partial charge in [0, 0.05) is 12.4 Å². The van der Waals surface area contributed by atoms with Crippen molar-refractivity contribution in [2.75, 3.05) is 19.8 Å². The molecule has 3 N–H and O–H groups in total. The lowest BCUT2D eigenvalue weighted by Gasteiger charge is -2.32. The van der Waals surface area contributed by atoms with Crippen molar-refractivity contribution in [1.29, 1.82) is 5.41 Å². The van der Waals surface area contributed by atoms with E-state index in [1.165, 1.54) is 0 Å². The van der Waals surface area contributed by atoms with E-state index in [4.69, 9.17) is 11.1 Å². The summed E-state index contributed by atoms with van der Waals surface area (Å²) in [4.78, 5) is 2.25. The summed E-state index contributed by atoms with van der Waals surface area (Å²) in [5.74, 6) is 0.928. The zero-order chi connectivity index (χ0) is 9.84. The van der Waals surface area contributed by atoms with Gasteiger partial charge < -0.3 is 11.1 Å². The molecule has 0 spiro atoms. The minimum absolute atomic E-state index is 0.412. The largest absolute Gasteiger partial charge is 0.318 e. The van der Waals surface area contributed by atoms with Gasteiger partial charge in [-0.3, -0.25) is 4.90 Å². The molecule has 3 nitrogen and oxygen atoms in total. The summed E-state index contributed by atoms with van der Waals surface area (Å²) in [6.07, 6.45) is 2.24. The Hall–Kier alpha value is -0.410. The topological polar surface area (TPSA) is 53.1 Å². The summed E-state index contributed by atoms with van der Waals surface area (Å²) in [5.41, 5.74) is 6.48. The van der Waals surface area contributed by atoms with Gasteiger partial charge in [-0.05, 0) is 37.8 Å². The van der Waals surface area contributed by atoms with Gasteiger partial charge in [0.1, 0.15) is 0 Å². The average molecular weight is 183 g/mol. The Morgan fingerprint density at radius 3 is 2.38 bits per heavy atom. The maximum atomic E-state index is 7.91. The molecule has 0 radical (unpaired) electrons. The minimum Gasteiger partial charge on any atom is -0.318 e. The fourth-order valence-electron chi connectivity index (χ4n) is 1.90. The highest BCUT2D eigenvalue weighted by Crippen LogP contribution is 2.20. The van der Waals surface area contributed by atoms with Gasteiger partial charge in [0.25, 0.3) is 0 Å². The van der Waals surface area contributed by atoms with Crippen molar-refractivity contribution in [3.63, 3.8) is 0 Å². The molecule has 1 aliphatic heterocycles. The smallest absolute Gasteiger partial charge is 0.0455 e. The van der Waals surface area contributed by atoms with Crippen molar-refractivity contribution < 1.29 is 0 Å². The predicted molar refractivity (Wildman–Crippen MR) is 55.9 cm³/mol. The van der Waals surface area contributed by atoms with Crippen molar-refractivity contribution in [2.45, 2.75) is 26.7 Å².